The molecule has 2 atom stereocenters. The van der Waals surface area contributed by atoms with E-state index >= 15 is 0 Å². The minimum absolute atomic E-state index is 0.0134. The lowest BCUT2D eigenvalue weighted by atomic mass is 9.89. The highest BCUT2D eigenvalue weighted by molar-refractivity contribution is 6.00. The van der Waals surface area contributed by atoms with Crippen LogP contribution in [-0.2, 0) is 28.7 Å². The van der Waals surface area contributed by atoms with Gasteiger partial charge in [0, 0.05) is 33.4 Å². The number of carboxylic acid groups (broad SMARTS) is 2. The third kappa shape index (κ3) is 11.2. The van der Waals surface area contributed by atoms with Crippen LogP contribution in [0.5, 0.6) is 23.0 Å². The number of aromatic hydroxyl groups is 4. The van der Waals surface area contributed by atoms with Crippen molar-refractivity contribution in [2.45, 2.75) is 38.5 Å². The first kappa shape index (κ1) is 52.0. The zero-order valence-corrected chi connectivity index (χ0v) is 39.2. The number of nitrogen functional groups attached to an aromatic ring is 2. The molecule has 0 saturated heterocycles. The molecule has 20 nitrogen and oxygen atoms in total. The molecule has 0 aliphatic heterocycles. The van der Waals surface area contributed by atoms with Gasteiger partial charge in [-0.1, -0.05) is 0 Å². The van der Waals surface area contributed by atoms with Gasteiger partial charge in [0.05, 0.1) is 71.1 Å². The molecule has 0 aliphatic rings. The SMILES string of the molecule is CCOC(=O)C(CC(=O)O)c1cc(-c2nc3ccc(C(=N)N)cc3[nH]2)c(O)c(-c2cc(F)ccc2O)c1.CCOC(=O)CC(C(=O)O)c1cc(-c2nc3ccc(C(=N)N)cc3[nH]2)c(O)c(-c2cc(F)ccc2O)c1. The van der Waals surface area contributed by atoms with E-state index in [4.69, 9.17) is 31.8 Å². The fourth-order valence-corrected chi connectivity index (χ4v) is 8.03. The van der Waals surface area contributed by atoms with E-state index in [0.717, 1.165) is 36.4 Å². The Morgan fingerprint density at radius 2 is 1.01 bits per heavy atom. The first-order valence-electron chi connectivity index (χ1n) is 22.3. The fourth-order valence-electron chi connectivity index (χ4n) is 8.03. The van der Waals surface area contributed by atoms with Crippen molar-refractivity contribution >= 4 is 57.6 Å². The summed E-state index contributed by atoms with van der Waals surface area (Å²) in [7, 11) is 0. The molecule has 380 valence electrons. The molecule has 8 rings (SSSR count). The van der Waals surface area contributed by atoms with Gasteiger partial charge in [0.15, 0.2) is 0 Å². The summed E-state index contributed by atoms with van der Waals surface area (Å²) in [4.78, 5) is 63.5. The van der Waals surface area contributed by atoms with Crippen LogP contribution in [0.2, 0.25) is 0 Å². The summed E-state index contributed by atoms with van der Waals surface area (Å²) in [5.74, 6) is -9.68. The van der Waals surface area contributed by atoms with Gasteiger partial charge in [-0.3, -0.25) is 30.0 Å². The number of hydrogen-bond donors (Lipinski definition) is 12. The summed E-state index contributed by atoms with van der Waals surface area (Å²) in [6, 6.07) is 21.3. The van der Waals surface area contributed by atoms with Crippen LogP contribution in [0, 0.1) is 22.5 Å². The van der Waals surface area contributed by atoms with E-state index in [1.807, 2.05) is 0 Å². The summed E-state index contributed by atoms with van der Waals surface area (Å²) in [6.07, 6.45) is -1.11. The van der Waals surface area contributed by atoms with Crippen molar-refractivity contribution in [1.29, 1.82) is 10.8 Å². The van der Waals surface area contributed by atoms with Gasteiger partial charge in [0.25, 0.3) is 0 Å². The van der Waals surface area contributed by atoms with Crippen molar-refractivity contribution in [3.05, 3.63) is 131 Å². The van der Waals surface area contributed by atoms with Crippen LogP contribution >= 0.6 is 0 Å². The molecule has 6 aromatic carbocycles. The summed E-state index contributed by atoms with van der Waals surface area (Å²) in [5, 5.41) is 77.9. The second-order valence-electron chi connectivity index (χ2n) is 16.5. The number of hydrogen-bond acceptors (Lipinski definition) is 14. The molecular formula is C52H46F2N8O12. The molecule has 0 radical (unpaired) electrons. The number of nitrogens with zero attached hydrogens (tertiary/aromatic N) is 2. The molecule has 2 unspecified atom stereocenters. The summed E-state index contributed by atoms with van der Waals surface area (Å²) in [6.45, 7) is 3.25. The fraction of sp³-hybridized carbons (Fsp3) is 0.154. The average molecular weight is 1010 g/mol. The Hall–Kier alpha value is -9.86. The van der Waals surface area contributed by atoms with Gasteiger partial charge >= 0.3 is 23.9 Å². The van der Waals surface area contributed by atoms with Crippen molar-refractivity contribution in [2.75, 3.05) is 13.2 Å². The molecule has 0 spiro atoms. The number of rotatable bonds is 16. The number of H-pyrrole nitrogens is 2. The molecule has 74 heavy (non-hydrogen) atoms. The van der Waals surface area contributed by atoms with E-state index in [-0.39, 0.29) is 92.5 Å². The Balaban J connectivity index is 0.000000216. The molecule has 0 aliphatic carbocycles. The maximum absolute atomic E-state index is 14.1. The maximum atomic E-state index is 14.1. The number of nitrogens with two attached hydrogens (primary N) is 2. The van der Waals surface area contributed by atoms with Crippen LogP contribution in [-0.4, -0.2) is 99.3 Å². The largest absolute Gasteiger partial charge is 0.507 e. The zero-order valence-electron chi connectivity index (χ0n) is 39.2. The molecule has 22 heteroatoms. The van der Waals surface area contributed by atoms with Crippen molar-refractivity contribution in [3.8, 4) is 68.0 Å². The van der Waals surface area contributed by atoms with E-state index in [0.29, 0.717) is 33.2 Å². The number of aliphatic carboxylic acids is 2. The average Bonchev–Trinajstić information content (AvgIpc) is 3.99. The van der Waals surface area contributed by atoms with Crippen molar-refractivity contribution in [3.63, 3.8) is 0 Å². The van der Waals surface area contributed by atoms with Crippen LogP contribution in [0.1, 0.15) is 60.8 Å². The van der Waals surface area contributed by atoms with E-state index < -0.39 is 71.7 Å². The minimum atomic E-state index is -1.37. The van der Waals surface area contributed by atoms with Gasteiger partial charge in [0.2, 0.25) is 0 Å². The molecule has 2 heterocycles. The molecule has 0 fully saturated rings. The first-order valence-corrected chi connectivity index (χ1v) is 22.3. The number of phenolic OH excluding ortho intramolecular Hbond substituents is 4. The van der Waals surface area contributed by atoms with Gasteiger partial charge in [-0.2, -0.15) is 0 Å². The molecule has 8 aromatic rings. The van der Waals surface area contributed by atoms with E-state index in [9.17, 15) is 58.6 Å². The van der Waals surface area contributed by atoms with E-state index in [2.05, 4.69) is 19.9 Å². The lowest BCUT2D eigenvalue weighted by molar-refractivity contribution is -0.149. The monoisotopic (exact) mass is 1010 g/mol. The Kier molecular flexibility index (Phi) is 15.2. The topological polar surface area (TPSA) is 365 Å². The van der Waals surface area contributed by atoms with Gasteiger partial charge in [-0.05, 0) is 122 Å². The number of aromatic amines is 2. The molecule has 0 amide bonds. The Morgan fingerprint density at radius 3 is 1.42 bits per heavy atom. The van der Waals surface area contributed by atoms with Crippen molar-refractivity contribution < 1.29 is 68.1 Å². The van der Waals surface area contributed by atoms with Gasteiger partial charge in [-0.15, -0.1) is 0 Å². The number of aromatic nitrogens is 4. The standard InChI is InChI=1S/2C26H23FN4O6/c1-2-37-22(33)11-15(26(35)36)13-7-17(16-10-14(27)4-6-21(16)32)23(34)18(8-13)25-30-19-5-3-12(24(28)29)9-20(19)31-25;1-2-37-26(36)15(11-22(33)34)13-7-17(16-10-14(27)4-6-21(16)32)23(35)18(8-13)25-30-19-5-3-12(24(28)29)9-20(19)31-25/h3-10,15,32,34H,2,11H2,1H3,(H3,28,29)(H,30,31)(H,35,36);3-10,15,32,35H,2,11H2,1H3,(H3,28,29)(H,30,31)(H,33,34). The Bertz CT molecular complexity index is 3560. The number of phenols is 4. The van der Waals surface area contributed by atoms with E-state index in [1.54, 1.807) is 50.2 Å². The van der Waals surface area contributed by atoms with Crippen LogP contribution < -0.4 is 11.5 Å². The highest BCUT2D eigenvalue weighted by Crippen LogP contribution is 2.46. The van der Waals surface area contributed by atoms with Gasteiger partial charge < -0.3 is 61.5 Å². The van der Waals surface area contributed by atoms with Crippen molar-refractivity contribution in [2.24, 2.45) is 11.5 Å². The van der Waals surface area contributed by atoms with E-state index in [1.165, 1.54) is 24.3 Å². The molecule has 0 bridgehead atoms. The smallest absolute Gasteiger partial charge is 0.313 e. The minimum Gasteiger partial charge on any atom is -0.507 e. The number of nitrogens with one attached hydrogen (secondary N) is 4. The number of benzene rings is 6. The number of fused-ring (bicyclic) bond motifs is 2. The third-order valence-electron chi connectivity index (χ3n) is 11.6. The number of imidazole rings is 2. The molecule has 2 aromatic heterocycles. The second-order valence-corrected chi connectivity index (χ2v) is 16.5. The Labute approximate surface area is 417 Å². The van der Waals surface area contributed by atoms with Gasteiger partial charge in [0.1, 0.15) is 58.0 Å². The first-order chi connectivity index (χ1) is 35.2. The maximum Gasteiger partial charge on any atom is 0.313 e. The normalized spacial score (nSPS) is 11.8. The third-order valence-corrected chi connectivity index (χ3v) is 11.6. The lowest BCUT2D eigenvalue weighted by Gasteiger charge is -2.18. The zero-order chi connectivity index (χ0) is 53.7. The summed E-state index contributed by atoms with van der Waals surface area (Å²) in [5.41, 5.74) is 14.0. The van der Waals surface area contributed by atoms with Crippen LogP contribution in [0.25, 0.3) is 67.1 Å². The predicted molar refractivity (Wildman–Crippen MR) is 266 cm³/mol. The molecular weight excluding hydrogens is 967 g/mol. The predicted octanol–water partition coefficient (Wildman–Crippen LogP) is 7.71. The highest BCUT2D eigenvalue weighted by Gasteiger charge is 2.30. The van der Waals surface area contributed by atoms with Crippen LogP contribution in [0.4, 0.5) is 8.78 Å². The van der Waals surface area contributed by atoms with Crippen molar-refractivity contribution in [1.82, 2.24) is 19.9 Å². The molecule has 14 N–H and O–H groups in total. The molecule has 0 saturated carbocycles. The number of esters is 2. The number of carbonyl (C=O) groups excluding carboxylic acids is 2. The summed E-state index contributed by atoms with van der Waals surface area (Å²) < 4.78 is 38.2. The van der Waals surface area contributed by atoms with Gasteiger partial charge in [-0.25, -0.2) is 18.7 Å². The lowest BCUT2D eigenvalue weighted by Crippen LogP contribution is -2.19. The Morgan fingerprint density at radius 1 is 0.581 bits per heavy atom. The highest BCUT2D eigenvalue weighted by atomic mass is 19.1. The van der Waals surface area contributed by atoms with Crippen LogP contribution in [0.15, 0.2) is 97.1 Å². The number of carbonyl (C=O) groups is 4. The quantitative estimate of drug-likeness (QED) is 0.0250. The van der Waals surface area contributed by atoms with Crippen LogP contribution in [0.3, 0.4) is 0 Å². The number of amidine groups is 2. The number of carboxylic acids is 2. The second kappa shape index (κ2) is 21.6. The number of ether oxygens (including phenoxy) is 2. The summed E-state index contributed by atoms with van der Waals surface area (Å²) >= 11 is 0. The number of halogens is 2.